The number of ether oxygens (including phenoxy) is 1. The maximum atomic E-state index is 10.4. The van der Waals surface area contributed by atoms with Crippen molar-refractivity contribution in [1.82, 2.24) is 0 Å². The molecular formula is C21H23NO4. The van der Waals surface area contributed by atoms with E-state index in [-0.39, 0.29) is 5.75 Å². The Kier molecular flexibility index (Phi) is 3.49. The van der Waals surface area contributed by atoms with E-state index in [0.717, 1.165) is 17.4 Å². The number of phenolic OH excluding ortho intramolecular Hbond substituents is 1. The molecule has 4 bridgehead atoms. The van der Waals surface area contributed by atoms with Gasteiger partial charge in [-0.05, 0) is 67.9 Å². The third-order valence-electron chi connectivity index (χ3n) is 7.20. The molecule has 136 valence electrons. The summed E-state index contributed by atoms with van der Waals surface area (Å²) < 4.78 is 5.99. The van der Waals surface area contributed by atoms with E-state index in [1.807, 2.05) is 12.1 Å². The maximum Gasteiger partial charge on any atom is 0.260 e. The summed E-state index contributed by atoms with van der Waals surface area (Å²) in [5, 5.41) is 19.1. The van der Waals surface area contributed by atoms with Crippen LogP contribution in [0.2, 0.25) is 0 Å². The van der Waals surface area contributed by atoms with Crippen molar-refractivity contribution in [3.8, 4) is 11.8 Å². The normalized spacial score (nSPS) is 42.9. The molecule has 6 rings (SSSR count). The van der Waals surface area contributed by atoms with Crippen molar-refractivity contribution in [2.24, 2.45) is 23.7 Å². The summed E-state index contributed by atoms with van der Waals surface area (Å²) in [7, 11) is 1.66. The second kappa shape index (κ2) is 5.56. The van der Waals surface area contributed by atoms with Gasteiger partial charge in [0.2, 0.25) is 0 Å². The second-order valence-corrected chi connectivity index (χ2v) is 8.32. The molecule has 5 fully saturated rings. The molecule has 26 heavy (non-hydrogen) atoms. The smallest absolute Gasteiger partial charge is 0.260 e. The Hall–Kier alpha value is -1.87. The van der Waals surface area contributed by atoms with Crippen LogP contribution in [0, 0.1) is 35.0 Å². The summed E-state index contributed by atoms with van der Waals surface area (Å²) in [6.07, 6.45) is 9.02. The molecule has 1 atom stereocenters. The van der Waals surface area contributed by atoms with Crippen LogP contribution in [0.3, 0.4) is 0 Å². The highest BCUT2D eigenvalue weighted by molar-refractivity contribution is 5.59. The Morgan fingerprint density at radius 1 is 1.15 bits per heavy atom. The molecule has 0 radical (unpaired) electrons. The summed E-state index contributed by atoms with van der Waals surface area (Å²) >= 11 is 0. The lowest BCUT2D eigenvalue weighted by molar-refractivity contribution is -0.645. The zero-order valence-electron chi connectivity index (χ0n) is 14.9. The Labute approximate surface area is 153 Å². The zero-order valence-corrected chi connectivity index (χ0v) is 14.9. The van der Waals surface area contributed by atoms with Crippen LogP contribution < -0.4 is 0 Å². The standard InChI is InChI=1S/C21H23NO4/c1-24-21(16-5-4-15(3-2-6-22)19(23)12-16)20(25-26-21)17-8-13-7-14(10-17)11-18(20)9-13/h2-5,12-14,17-18,23H,7-11H2,1H3/b3-2+. The molecule has 5 heteroatoms. The van der Waals surface area contributed by atoms with Crippen LogP contribution >= 0.6 is 0 Å². The summed E-state index contributed by atoms with van der Waals surface area (Å²) in [5.41, 5.74) is 0.928. The lowest BCUT2D eigenvalue weighted by atomic mass is 9.47. The number of phenols is 1. The van der Waals surface area contributed by atoms with Crippen LogP contribution in [0.15, 0.2) is 24.3 Å². The molecule has 1 aromatic carbocycles. The molecule has 4 saturated carbocycles. The van der Waals surface area contributed by atoms with Crippen LogP contribution in [-0.2, 0) is 20.3 Å². The van der Waals surface area contributed by atoms with Crippen LogP contribution in [0.1, 0.15) is 43.2 Å². The lowest BCUT2D eigenvalue weighted by Gasteiger charge is -2.68. The number of methoxy groups -OCH3 is 1. The average Bonchev–Trinajstić information content (AvgIpc) is 2.60. The average molecular weight is 353 g/mol. The molecule has 1 aromatic rings. The Balaban J connectivity index is 1.56. The largest absolute Gasteiger partial charge is 0.507 e. The van der Waals surface area contributed by atoms with Crippen LogP contribution in [0.4, 0.5) is 0 Å². The number of hydrogen-bond acceptors (Lipinski definition) is 5. The summed E-state index contributed by atoms with van der Waals surface area (Å²) in [6, 6.07) is 7.34. The molecule has 4 aliphatic carbocycles. The number of allylic oxidation sites excluding steroid dienone is 1. The van der Waals surface area contributed by atoms with E-state index in [2.05, 4.69) is 0 Å². The lowest BCUT2D eigenvalue weighted by Crippen LogP contribution is -2.76. The van der Waals surface area contributed by atoms with Gasteiger partial charge in [0.15, 0.2) is 5.60 Å². The fraction of sp³-hybridized carbons (Fsp3) is 0.571. The van der Waals surface area contributed by atoms with Gasteiger partial charge >= 0.3 is 0 Å². The molecule has 5 nitrogen and oxygen atoms in total. The Bertz CT molecular complexity index is 779. The minimum atomic E-state index is -0.968. The van der Waals surface area contributed by atoms with Gasteiger partial charge in [0.1, 0.15) is 5.75 Å². The van der Waals surface area contributed by atoms with E-state index in [1.165, 1.54) is 38.2 Å². The zero-order chi connectivity index (χ0) is 17.9. The number of hydrogen-bond donors (Lipinski definition) is 1. The van der Waals surface area contributed by atoms with E-state index in [9.17, 15) is 5.11 Å². The van der Waals surface area contributed by atoms with Gasteiger partial charge in [0.05, 0.1) is 6.07 Å². The fourth-order valence-corrected chi connectivity index (χ4v) is 6.37. The summed E-state index contributed by atoms with van der Waals surface area (Å²) in [6.45, 7) is 0. The molecule has 1 heterocycles. The van der Waals surface area contributed by atoms with E-state index in [0.29, 0.717) is 17.4 Å². The van der Waals surface area contributed by atoms with Gasteiger partial charge < -0.3 is 9.84 Å². The highest BCUT2D eigenvalue weighted by Crippen LogP contribution is 2.69. The SMILES string of the molecule is COC1(c2ccc(/C=C/C#N)c(O)c2)OOC12C1CC3CC(C1)CC2C3. The van der Waals surface area contributed by atoms with Crippen molar-refractivity contribution in [3.05, 3.63) is 35.4 Å². The first-order valence-electron chi connectivity index (χ1n) is 9.44. The number of nitriles is 1. The predicted molar refractivity (Wildman–Crippen MR) is 93.4 cm³/mol. The first-order chi connectivity index (χ1) is 12.6. The van der Waals surface area contributed by atoms with Crippen molar-refractivity contribution in [2.45, 2.75) is 43.5 Å². The topological polar surface area (TPSA) is 71.7 Å². The summed E-state index contributed by atoms with van der Waals surface area (Å²) in [5.74, 6) is 1.65. The molecule has 0 amide bonds. The Morgan fingerprint density at radius 3 is 2.35 bits per heavy atom. The molecule has 1 saturated heterocycles. The second-order valence-electron chi connectivity index (χ2n) is 8.32. The van der Waals surface area contributed by atoms with Gasteiger partial charge in [0, 0.05) is 24.3 Å². The molecule has 1 N–H and O–H groups in total. The molecule has 1 aliphatic heterocycles. The van der Waals surface area contributed by atoms with Crippen LogP contribution in [0.5, 0.6) is 5.75 Å². The summed E-state index contributed by atoms with van der Waals surface area (Å²) in [4.78, 5) is 11.6. The molecule has 0 aromatic heterocycles. The van der Waals surface area contributed by atoms with Gasteiger partial charge in [-0.25, -0.2) is 4.89 Å². The number of aromatic hydroxyl groups is 1. The molecular weight excluding hydrogens is 330 g/mol. The van der Waals surface area contributed by atoms with E-state index in [1.54, 1.807) is 25.3 Å². The van der Waals surface area contributed by atoms with E-state index in [4.69, 9.17) is 19.8 Å². The number of rotatable bonds is 3. The maximum absolute atomic E-state index is 10.4. The van der Waals surface area contributed by atoms with Crippen LogP contribution in [0.25, 0.3) is 6.08 Å². The quantitative estimate of drug-likeness (QED) is 0.659. The van der Waals surface area contributed by atoms with Gasteiger partial charge in [-0.1, -0.05) is 12.1 Å². The van der Waals surface area contributed by atoms with Crippen molar-refractivity contribution in [2.75, 3.05) is 7.11 Å². The Morgan fingerprint density at radius 2 is 1.85 bits per heavy atom. The monoisotopic (exact) mass is 353 g/mol. The number of nitrogens with zero attached hydrogens (tertiary/aromatic N) is 1. The van der Waals surface area contributed by atoms with Crippen molar-refractivity contribution in [3.63, 3.8) is 0 Å². The minimum Gasteiger partial charge on any atom is -0.507 e. The third kappa shape index (κ3) is 1.90. The van der Waals surface area contributed by atoms with Crippen molar-refractivity contribution in [1.29, 1.82) is 5.26 Å². The van der Waals surface area contributed by atoms with Gasteiger partial charge in [-0.2, -0.15) is 10.1 Å². The van der Waals surface area contributed by atoms with Crippen molar-refractivity contribution < 1.29 is 19.6 Å². The van der Waals surface area contributed by atoms with E-state index < -0.39 is 11.4 Å². The molecule has 5 aliphatic rings. The van der Waals surface area contributed by atoms with Gasteiger partial charge in [0.25, 0.3) is 5.79 Å². The van der Waals surface area contributed by atoms with Crippen molar-refractivity contribution >= 4 is 6.08 Å². The van der Waals surface area contributed by atoms with Gasteiger partial charge in [-0.15, -0.1) is 0 Å². The molecule has 1 spiro atoms. The van der Waals surface area contributed by atoms with Crippen LogP contribution in [-0.4, -0.2) is 17.8 Å². The predicted octanol–water partition coefficient (Wildman–Crippen LogP) is 3.88. The number of benzene rings is 1. The van der Waals surface area contributed by atoms with Gasteiger partial charge in [-0.3, -0.25) is 0 Å². The van der Waals surface area contributed by atoms with E-state index >= 15 is 0 Å². The molecule has 1 unspecified atom stereocenters. The first kappa shape index (κ1) is 16.3. The first-order valence-corrected chi connectivity index (χ1v) is 9.44. The highest BCUT2D eigenvalue weighted by Gasteiger charge is 2.76. The fourth-order valence-electron chi connectivity index (χ4n) is 6.37. The minimum absolute atomic E-state index is 0.111. The highest BCUT2D eigenvalue weighted by atomic mass is 17.3. The third-order valence-corrected chi connectivity index (χ3v) is 7.20.